The minimum absolute atomic E-state index is 0.129. The molecule has 2 heterocycles. The molecule has 0 saturated carbocycles. The largest absolute Gasteiger partial charge is 0.392 e. The van der Waals surface area contributed by atoms with E-state index in [1.807, 2.05) is 24.3 Å². The molecular weight excluding hydrogens is 270 g/mol. The summed E-state index contributed by atoms with van der Waals surface area (Å²) in [4.78, 5) is 4.59. The fraction of sp³-hybridized carbons (Fsp3) is 0.533. The minimum Gasteiger partial charge on any atom is -0.392 e. The Bertz CT molecular complexity index is 591. The van der Waals surface area contributed by atoms with E-state index in [4.69, 9.17) is 9.47 Å². The van der Waals surface area contributed by atoms with E-state index in [0.717, 1.165) is 29.9 Å². The van der Waals surface area contributed by atoms with Crippen LogP contribution >= 0.6 is 0 Å². The van der Waals surface area contributed by atoms with Crippen LogP contribution < -0.4 is 5.32 Å². The summed E-state index contributed by atoms with van der Waals surface area (Å²) in [5.41, 5.74) is 2.02. The van der Waals surface area contributed by atoms with Gasteiger partial charge in [0.1, 0.15) is 0 Å². The second-order valence-corrected chi connectivity index (χ2v) is 5.27. The van der Waals surface area contributed by atoms with E-state index < -0.39 is 6.10 Å². The highest BCUT2D eigenvalue weighted by Gasteiger charge is 2.18. The van der Waals surface area contributed by atoms with Crippen LogP contribution in [0, 0.1) is 0 Å². The highest BCUT2D eigenvalue weighted by Crippen LogP contribution is 2.21. The van der Waals surface area contributed by atoms with Crippen molar-refractivity contribution in [3.05, 3.63) is 24.3 Å². The molecule has 6 heteroatoms. The van der Waals surface area contributed by atoms with Crippen molar-refractivity contribution in [1.29, 1.82) is 0 Å². The molecule has 2 aromatic rings. The summed E-state index contributed by atoms with van der Waals surface area (Å²) in [7, 11) is 0. The number of anilines is 1. The van der Waals surface area contributed by atoms with Gasteiger partial charge in [0.2, 0.25) is 5.95 Å². The van der Waals surface area contributed by atoms with Crippen LogP contribution in [0.2, 0.25) is 0 Å². The second kappa shape index (κ2) is 6.43. The van der Waals surface area contributed by atoms with Gasteiger partial charge in [0.25, 0.3) is 0 Å². The molecule has 0 aliphatic carbocycles. The third kappa shape index (κ3) is 3.34. The van der Waals surface area contributed by atoms with E-state index in [2.05, 4.69) is 14.9 Å². The number of ether oxygens (including phenoxy) is 2. The number of hydrogen-bond acceptors (Lipinski definition) is 5. The Morgan fingerprint density at radius 3 is 2.90 bits per heavy atom. The minimum atomic E-state index is -0.417. The molecule has 1 aromatic heterocycles. The Hall–Kier alpha value is -1.63. The number of fused-ring (bicyclic) bond motifs is 1. The lowest BCUT2D eigenvalue weighted by Crippen LogP contribution is -2.19. The summed E-state index contributed by atoms with van der Waals surface area (Å²) in [6.45, 7) is 4.32. The van der Waals surface area contributed by atoms with Gasteiger partial charge in [-0.1, -0.05) is 12.1 Å². The van der Waals surface area contributed by atoms with Crippen LogP contribution in [0.4, 0.5) is 5.95 Å². The molecular formula is C15H21N3O3. The Morgan fingerprint density at radius 2 is 2.14 bits per heavy atom. The summed E-state index contributed by atoms with van der Waals surface area (Å²) in [5, 5.41) is 12.6. The maximum atomic E-state index is 9.44. The maximum absolute atomic E-state index is 9.44. The van der Waals surface area contributed by atoms with Gasteiger partial charge >= 0.3 is 0 Å². The Balaban J connectivity index is 1.80. The summed E-state index contributed by atoms with van der Waals surface area (Å²) < 4.78 is 13.1. The third-order valence-corrected chi connectivity index (χ3v) is 3.49. The number of aliphatic hydroxyl groups is 1. The van der Waals surface area contributed by atoms with Crippen LogP contribution in [0.1, 0.15) is 13.3 Å². The molecule has 0 bridgehead atoms. The van der Waals surface area contributed by atoms with E-state index in [9.17, 15) is 5.11 Å². The number of aryl methyl sites for hydroxylation is 1. The maximum Gasteiger partial charge on any atom is 0.203 e. The lowest BCUT2D eigenvalue weighted by Gasteiger charge is -2.14. The highest BCUT2D eigenvalue weighted by molar-refractivity contribution is 5.78. The molecule has 1 aliphatic heterocycles. The SMILES string of the molecule is CC(O)CNc1nc2ccccc2n1CCC1OCCO1. The van der Waals surface area contributed by atoms with Crippen molar-refractivity contribution in [3.63, 3.8) is 0 Å². The van der Waals surface area contributed by atoms with Crippen LogP contribution in [0.15, 0.2) is 24.3 Å². The first-order valence-corrected chi connectivity index (χ1v) is 7.34. The first-order valence-electron chi connectivity index (χ1n) is 7.34. The molecule has 3 rings (SSSR count). The number of hydrogen-bond donors (Lipinski definition) is 2. The van der Waals surface area contributed by atoms with Crippen molar-refractivity contribution in [3.8, 4) is 0 Å². The van der Waals surface area contributed by atoms with Crippen LogP contribution in [0.25, 0.3) is 11.0 Å². The topological polar surface area (TPSA) is 68.5 Å². The van der Waals surface area contributed by atoms with Crippen molar-refractivity contribution in [2.24, 2.45) is 0 Å². The molecule has 1 fully saturated rings. The molecule has 1 atom stereocenters. The van der Waals surface area contributed by atoms with Gasteiger partial charge in [0, 0.05) is 19.5 Å². The zero-order chi connectivity index (χ0) is 14.7. The predicted molar refractivity (Wildman–Crippen MR) is 80.2 cm³/mol. The smallest absolute Gasteiger partial charge is 0.203 e. The zero-order valence-electron chi connectivity index (χ0n) is 12.2. The van der Waals surface area contributed by atoms with E-state index in [1.165, 1.54) is 0 Å². The molecule has 2 N–H and O–H groups in total. The third-order valence-electron chi connectivity index (χ3n) is 3.49. The quantitative estimate of drug-likeness (QED) is 0.846. The molecule has 1 aromatic carbocycles. The van der Waals surface area contributed by atoms with Crippen molar-refractivity contribution in [2.45, 2.75) is 32.3 Å². The van der Waals surface area contributed by atoms with E-state index in [0.29, 0.717) is 19.8 Å². The Kier molecular flexibility index (Phi) is 4.38. The number of rotatable bonds is 6. The lowest BCUT2D eigenvalue weighted by molar-refractivity contribution is -0.0488. The fourth-order valence-corrected chi connectivity index (χ4v) is 2.48. The number of benzene rings is 1. The van der Waals surface area contributed by atoms with E-state index in [1.54, 1.807) is 6.92 Å². The molecule has 1 saturated heterocycles. The van der Waals surface area contributed by atoms with Gasteiger partial charge in [-0.15, -0.1) is 0 Å². The Morgan fingerprint density at radius 1 is 1.38 bits per heavy atom. The standard InChI is InChI=1S/C15H21N3O3/c1-11(19)10-16-15-17-12-4-2-3-5-13(12)18(15)7-6-14-20-8-9-21-14/h2-5,11,14,19H,6-10H2,1H3,(H,16,17). The van der Waals surface area contributed by atoms with Crippen LogP contribution in [0.5, 0.6) is 0 Å². The molecule has 1 aliphatic rings. The first kappa shape index (κ1) is 14.3. The van der Waals surface area contributed by atoms with Crippen LogP contribution in [-0.4, -0.2) is 46.8 Å². The predicted octanol–water partition coefficient (Wildman–Crippen LogP) is 1.59. The van der Waals surface area contributed by atoms with Crippen molar-refractivity contribution >= 4 is 17.0 Å². The normalized spacial score (nSPS) is 17.4. The van der Waals surface area contributed by atoms with Gasteiger partial charge in [-0.3, -0.25) is 0 Å². The number of para-hydroxylation sites is 2. The first-order chi connectivity index (χ1) is 10.2. The number of nitrogens with zero attached hydrogens (tertiary/aromatic N) is 2. The summed E-state index contributed by atoms with van der Waals surface area (Å²) in [6, 6.07) is 8.01. The van der Waals surface area contributed by atoms with Gasteiger partial charge in [-0.2, -0.15) is 0 Å². The summed E-state index contributed by atoms with van der Waals surface area (Å²) >= 11 is 0. The zero-order valence-corrected chi connectivity index (χ0v) is 12.2. The van der Waals surface area contributed by atoms with Crippen LogP contribution in [-0.2, 0) is 16.0 Å². The number of aliphatic hydroxyl groups excluding tert-OH is 1. The van der Waals surface area contributed by atoms with Gasteiger partial charge in [-0.25, -0.2) is 4.98 Å². The van der Waals surface area contributed by atoms with Gasteiger partial charge in [0.15, 0.2) is 6.29 Å². The molecule has 114 valence electrons. The molecule has 21 heavy (non-hydrogen) atoms. The van der Waals surface area contributed by atoms with Crippen molar-refractivity contribution in [1.82, 2.24) is 9.55 Å². The van der Waals surface area contributed by atoms with Gasteiger partial charge in [0.05, 0.1) is 30.4 Å². The molecule has 0 spiro atoms. The number of aromatic nitrogens is 2. The number of imidazole rings is 1. The van der Waals surface area contributed by atoms with Gasteiger partial charge < -0.3 is 24.5 Å². The van der Waals surface area contributed by atoms with Crippen molar-refractivity contribution < 1.29 is 14.6 Å². The molecule has 6 nitrogen and oxygen atoms in total. The van der Waals surface area contributed by atoms with Gasteiger partial charge in [-0.05, 0) is 19.1 Å². The average Bonchev–Trinajstić information content (AvgIpc) is 3.10. The van der Waals surface area contributed by atoms with Crippen molar-refractivity contribution in [2.75, 3.05) is 25.1 Å². The summed E-state index contributed by atoms with van der Waals surface area (Å²) in [5.74, 6) is 0.773. The average molecular weight is 291 g/mol. The highest BCUT2D eigenvalue weighted by atomic mass is 16.7. The monoisotopic (exact) mass is 291 g/mol. The second-order valence-electron chi connectivity index (χ2n) is 5.27. The summed E-state index contributed by atoms with van der Waals surface area (Å²) in [6.07, 6.45) is 0.236. The Labute approximate surface area is 123 Å². The van der Waals surface area contributed by atoms with E-state index >= 15 is 0 Å². The molecule has 1 unspecified atom stereocenters. The molecule has 0 radical (unpaired) electrons. The number of nitrogens with one attached hydrogen (secondary N) is 1. The van der Waals surface area contributed by atoms with Crippen LogP contribution in [0.3, 0.4) is 0 Å². The van der Waals surface area contributed by atoms with E-state index in [-0.39, 0.29) is 6.29 Å². The molecule has 0 amide bonds. The fourth-order valence-electron chi connectivity index (χ4n) is 2.48. The lowest BCUT2D eigenvalue weighted by atomic mass is 10.3.